The van der Waals surface area contributed by atoms with Crippen LogP contribution in [-0.4, -0.2) is 44.9 Å². The largest absolute Gasteiger partial charge is 0.472 e. The zero-order valence-corrected chi connectivity index (χ0v) is 29.8. The van der Waals surface area contributed by atoms with Gasteiger partial charge in [0.2, 0.25) is 0 Å². The Hall–Kier alpha value is -3.62. The van der Waals surface area contributed by atoms with Crippen LogP contribution in [0.2, 0.25) is 5.04 Å². The fourth-order valence-corrected chi connectivity index (χ4v) is 14.4. The van der Waals surface area contributed by atoms with Gasteiger partial charge in [-0.3, -0.25) is 19.2 Å². The Morgan fingerprint density at radius 1 is 0.896 bits per heavy atom. The summed E-state index contributed by atoms with van der Waals surface area (Å²) in [6.07, 6.45) is 5.59. The minimum Gasteiger partial charge on any atom is -0.472 e. The van der Waals surface area contributed by atoms with Gasteiger partial charge in [0.25, 0.3) is 8.32 Å². The monoisotopic (exact) mass is 668 g/mol. The molecule has 3 aliphatic carbocycles. The molecule has 8 heteroatoms. The van der Waals surface area contributed by atoms with Gasteiger partial charge in [0, 0.05) is 37.0 Å². The van der Waals surface area contributed by atoms with Crippen molar-refractivity contribution in [2.75, 3.05) is 7.11 Å². The smallest absolute Gasteiger partial charge is 0.320 e. The molecule has 48 heavy (non-hydrogen) atoms. The molecule has 7 nitrogen and oxygen atoms in total. The van der Waals surface area contributed by atoms with Crippen LogP contribution in [0.5, 0.6) is 0 Å². The van der Waals surface area contributed by atoms with E-state index in [1.165, 1.54) is 7.11 Å². The van der Waals surface area contributed by atoms with Gasteiger partial charge in [0.05, 0.1) is 25.7 Å². The SMILES string of the molecule is COC(=O)[C@]12C(=O)CC[C@H](O[Si](c3ccccc3)(c3ccccc3)C(C)(C)C)[C@H]1CC(=O)C[C@@H]2CC[C@@]1(C)C(=O)CC[C@@H]1c1ccoc1. The summed E-state index contributed by atoms with van der Waals surface area (Å²) >= 11 is 0. The van der Waals surface area contributed by atoms with E-state index in [9.17, 15) is 19.2 Å². The number of furan rings is 1. The minimum atomic E-state index is -3.09. The van der Waals surface area contributed by atoms with Crippen molar-refractivity contribution in [3.05, 3.63) is 84.8 Å². The molecular formula is C40H48O7Si. The van der Waals surface area contributed by atoms with E-state index < -0.39 is 43.1 Å². The maximum atomic E-state index is 14.4. The Balaban J connectivity index is 1.42. The van der Waals surface area contributed by atoms with Gasteiger partial charge in [-0.05, 0) is 64.6 Å². The van der Waals surface area contributed by atoms with Crippen molar-refractivity contribution in [2.24, 2.45) is 22.7 Å². The Labute approximate surface area is 284 Å². The summed E-state index contributed by atoms with van der Waals surface area (Å²) in [5.41, 5.74) is -1.24. The zero-order valence-electron chi connectivity index (χ0n) is 28.8. The molecule has 0 N–H and O–H groups in total. The molecule has 0 saturated heterocycles. The first-order valence-electron chi connectivity index (χ1n) is 17.4. The van der Waals surface area contributed by atoms with Crippen LogP contribution in [0.1, 0.15) is 90.5 Å². The number of ether oxygens (including phenoxy) is 1. The number of ketones is 3. The normalized spacial score (nSPS) is 29.5. The van der Waals surface area contributed by atoms with Crippen molar-refractivity contribution in [1.29, 1.82) is 0 Å². The lowest BCUT2D eigenvalue weighted by atomic mass is 9.51. The summed E-state index contributed by atoms with van der Waals surface area (Å²) in [7, 11) is -1.75. The van der Waals surface area contributed by atoms with E-state index >= 15 is 0 Å². The zero-order chi connectivity index (χ0) is 34.3. The number of hydrogen-bond donors (Lipinski definition) is 0. The van der Waals surface area contributed by atoms with Gasteiger partial charge in [-0.2, -0.15) is 0 Å². The lowest BCUT2D eigenvalue weighted by molar-refractivity contribution is -0.181. The molecule has 1 heterocycles. The van der Waals surface area contributed by atoms with E-state index in [1.54, 1.807) is 12.5 Å². The second kappa shape index (κ2) is 13.0. The highest BCUT2D eigenvalue weighted by molar-refractivity contribution is 6.99. The molecule has 3 saturated carbocycles. The van der Waals surface area contributed by atoms with Gasteiger partial charge in [0.15, 0.2) is 5.78 Å². The molecule has 0 amide bonds. The molecule has 6 atom stereocenters. The third-order valence-electron chi connectivity index (χ3n) is 12.0. The van der Waals surface area contributed by atoms with E-state index in [0.29, 0.717) is 25.7 Å². The highest BCUT2D eigenvalue weighted by Gasteiger charge is 2.66. The van der Waals surface area contributed by atoms with Crippen LogP contribution in [0, 0.1) is 22.7 Å². The first-order chi connectivity index (χ1) is 22.9. The van der Waals surface area contributed by atoms with Crippen LogP contribution in [-0.2, 0) is 28.3 Å². The first kappa shape index (κ1) is 34.2. The van der Waals surface area contributed by atoms with Crippen LogP contribution in [0.4, 0.5) is 0 Å². The van der Waals surface area contributed by atoms with Crippen molar-refractivity contribution >= 4 is 42.0 Å². The standard InChI is InChI=1S/C40H48O7Si/c1-38(2,3)48(30-12-8-6-9-13-30,31-14-10-7-11-15-31)47-34-17-19-36(43)40(37(44)45-5)28(24-29(41)25-33(34)40)20-22-39(4)32(16-18-35(39)42)27-21-23-46-26-27/h6-15,21,23,26,28,32-34H,16-20,22,24-25H2,1-5H3/t28-,32+,33+,34-,39+,40-/m0/s1. The van der Waals surface area contributed by atoms with Crippen molar-refractivity contribution in [3.8, 4) is 0 Å². The van der Waals surface area contributed by atoms with Crippen molar-refractivity contribution in [3.63, 3.8) is 0 Å². The summed E-state index contributed by atoms with van der Waals surface area (Å²) in [4.78, 5) is 55.8. The topological polar surface area (TPSA) is 99.9 Å². The minimum absolute atomic E-state index is 0.0181. The maximum absolute atomic E-state index is 14.4. The molecule has 6 rings (SSSR count). The molecule has 254 valence electrons. The van der Waals surface area contributed by atoms with E-state index in [2.05, 4.69) is 45.0 Å². The summed E-state index contributed by atoms with van der Waals surface area (Å²) in [6, 6.07) is 22.5. The molecule has 0 unspecified atom stereocenters. The molecule has 2 aromatic carbocycles. The van der Waals surface area contributed by atoms with Crippen LogP contribution in [0.25, 0.3) is 0 Å². The second-order valence-electron chi connectivity index (χ2n) is 15.4. The summed E-state index contributed by atoms with van der Waals surface area (Å²) in [5.74, 6) is -1.86. The van der Waals surface area contributed by atoms with Gasteiger partial charge >= 0.3 is 5.97 Å². The fraction of sp³-hybridized carbons (Fsp3) is 0.500. The Morgan fingerprint density at radius 2 is 1.52 bits per heavy atom. The van der Waals surface area contributed by atoms with Gasteiger partial charge in [-0.15, -0.1) is 0 Å². The van der Waals surface area contributed by atoms with Crippen LogP contribution < -0.4 is 10.4 Å². The number of hydrogen-bond acceptors (Lipinski definition) is 7. The van der Waals surface area contributed by atoms with Gasteiger partial charge in [-0.1, -0.05) is 88.4 Å². The van der Waals surface area contributed by atoms with Crippen molar-refractivity contribution in [2.45, 2.75) is 96.1 Å². The summed E-state index contributed by atoms with van der Waals surface area (Å²) < 4.78 is 18.5. The van der Waals surface area contributed by atoms with E-state index in [1.807, 2.05) is 49.4 Å². The molecule has 0 bridgehead atoms. The average molecular weight is 669 g/mol. The molecule has 3 aromatic rings. The van der Waals surface area contributed by atoms with Crippen LogP contribution >= 0.6 is 0 Å². The predicted octanol–water partition coefficient (Wildman–Crippen LogP) is 6.58. The lowest BCUT2D eigenvalue weighted by Crippen LogP contribution is -2.70. The Bertz CT molecular complexity index is 1590. The Kier molecular flexibility index (Phi) is 9.28. The number of methoxy groups -OCH3 is 1. The number of fused-ring (bicyclic) bond motifs is 1. The van der Waals surface area contributed by atoms with Crippen molar-refractivity contribution < 1.29 is 32.8 Å². The molecule has 0 radical (unpaired) electrons. The number of esters is 1. The predicted molar refractivity (Wildman–Crippen MR) is 185 cm³/mol. The quantitative estimate of drug-likeness (QED) is 0.144. The number of benzene rings is 2. The number of Topliss-reactive ketones (excluding diaryl/α,β-unsaturated/α-hetero) is 3. The van der Waals surface area contributed by atoms with Crippen LogP contribution in [0.15, 0.2) is 83.7 Å². The van der Waals surface area contributed by atoms with E-state index in [4.69, 9.17) is 13.6 Å². The van der Waals surface area contributed by atoms with Crippen LogP contribution in [0.3, 0.4) is 0 Å². The third kappa shape index (κ3) is 5.45. The van der Waals surface area contributed by atoms with E-state index in [-0.39, 0.29) is 47.6 Å². The molecule has 0 spiro atoms. The van der Waals surface area contributed by atoms with Gasteiger partial charge < -0.3 is 13.6 Å². The summed E-state index contributed by atoms with van der Waals surface area (Å²) in [5, 5.41) is 1.87. The fourth-order valence-electron chi connectivity index (χ4n) is 9.63. The number of carbonyl (C=O) groups excluding carboxylic acids is 4. The molecular weight excluding hydrogens is 621 g/mol. The second-order valence-corrected chi connectivity index (χ2v) is 19.7. The number of carbonyl (C=O) groups is 4. The molecule has 3 fully saturated rings. The van der Waals surface area contributed by atoms with Crippen molar-refractivity contribution in [1.82, 2.24) is 0 Å². The summed E-state index contributed by atoms with van der Waals surface area (Å²) in [6.45, 7) is 8.59. The average Bonchev–Trinajstić information content (AvgIpc) is 3.71. The molecule has 3 aliphatic rings. The van der Waals surface area contributed by atoms with E-state index in [0.717, 1.165) is 22.4 Å². The molecule has 0 aliphatic heterocycles. The lowest BCUT2D eigenvalue weighted by Gasteiger charge is -2.54. The van der Waals surface area contributed by atoms with Gasteiger partial charge in [0.1, 0.15) is 17.0 Å². The molecule has 1 aromatic heterocycles. The van der Waals surface area contributed by atoms with Gasteiger partial charge in [-0.25, -0.2) is 0 Å². The number of rotatable bonds is 9. The third-order valence-corrected chi connectivity index (χ3v) is 17.1. The first-order valence-corrected chi connectivity index (χ1v) is 19.3. The maximum Gasteiger partial charge on any atom is 0.320 e. The highest BCUT2D eigenvalue weighted by atomic mass is 28.4. The highest BCUT2D eigenvalue weighted by Crippen LogP contribution is 2.57. The Morgan fingerprint density at radius 3 is 2.08 bits per heavy atom.